The maximum absolute atomic E-state index is 12.3. The molecule has 5 rings (SSSR count). The lowest BCUT2D eigenvalue weighted by atomic mass is 9.89. The molecule has 1 aliphatic heterocycles. The van der Waals surface area contributed by atoms with Gasteiger partial charge in [-0.1, -0.05) is 11.6 Å². The van der Waals surface area contributed by atoms with Crippen LogP contribution in [0.1, 0.15) is 31.2 Å². The third-order valence-corrected chi connectivity index (χ3v) is 6.25. The number of aliphatic hydroxyl groups is 1. The molecule has 2 N–H and O–H groups in total. The Hall–Kier alpha value is -1.59. The Balaban J connectivity index is 1.42. The molecule has 2 heterocycles. The Labute approximate surface area is 145 Å². The number of amides is 1. The van der Waals surface area contributed by atoms with Crippen molar-refractivity contribution in [3.05, 3.63) is 28.9 Å². The van der Waals surface area contributed by atoms with Crippen LogP contribution in [-0.2, 0) is 10.4 Å². The zero-order chi connectivity index (χ0) is 16.5. The van der Waals surface area contributed by atoms with Crippen LogP contribution in [-0.4, -0.2) is 39.2 Å². The largest absolute Gasteiger partial charge is 0.385 e. The number of benzene rings is 1. The zero-order valence-electron chi connectivity index (χ0n) is 13.3. The molecule has 0 bridgehead atoms. The molecule has 5 nitrogen and oxygen atoms in total. The highest BCUT2D eigenvalue weighted by Gasteiger charge is 2.51. The van der Waals surface area contributed by atoms with E-state index in [1.165, 1.54) is 0 Å². The van der Waals surface area contributed by atoms with Gasteiger partial charge in [0.1, 0.15) is 0 Å². The van der Waals surface area contributed by atoms with Gasteiger partial charge in [0.2, 0.25) is 5.91 Å². The van der Waals surface area contributed by atoms with Crippen molar-refractivity contribution in [2.24, 2.45) is 17.8 Å². The molecule has 2 aromatic rings. The van der Waals surface area contributed by atoms with Gasteiger partial charge in [0.05, 0.1) is 17.3 Å². The van der Waals surface area contributed by atoms with Crippen LogP contribution >= 0.6 is 11.6 Å². The molecule has 1 aromatic heterocycles. The van der Waals surface area contributed by atoms with Crippen LogP contribution in [0.15, 0.2) is 18.3 Å². The quantitative estimate of drug-likeness (QED) is 0.879. The van der Waals surface area contributed by atoms with Crippen molar-refractivity contribution in [1.29, 1.82) is 0 Å². The molecule has 126 valence electrons. The van der Waals surface area contributed by atoms with Gasteiger partial charge >= 0.3 is 0 Å². The number of carbonyl (C=O) groups is 1. The molecule has 3 aliphatic rings. The first-order valence-electron chi connectivity index (χ1n) is 8.68. The van der Waals surface area contributed by atoms with Crippen LogP contribution in [0.5, 0.6) is 0 Å². The number of fused-ring (bicyclic) bond motifs is 2. The lowest BCUT2D eigenvalue weighted by Gasteiger charge is -2.27. The second kappa shape index (κ2) is 4.96. The van der Waals surface area contributed by atoms with Crippen molar-refractivity contribution in [2.75, 3.05) is 13.1 Å². The molecule has 3 fully saturated rings. The zero-order valence-corrected chi connectivity index (χ0v) is 14.1. The number of carbonyl (C=O) groups excluding carboxylic acids is 1. The predicted molar refractivity (Wildman–Crippen MR) is 90.5 cm³/mol. The molecule has 0 spiro atoms. The number of aromatic amines is 1. The number of H-pyrrole nitrogens is 1. The van der Waals surface area contributed by atoms with Crippen LogP contribution < -0.4 is 0 Å². The molecule has 24 heavy (non-hydrogen) atoms. The molecule has 1 saturated heterocycles. The molecule has 6 heteroatoms. The summed E-state index contributed by atoms with van der Waals surface area (Å²) < 4.78 is 0. The van der Waals surface area contributed by atoms with Crippen LogP contribution in [0.4, 0.5) is 0 Å². The normalized spacial score (nSPS) is 32.5. The Bertz CT molecular complexity index is 815. The molecular weight excluding hydrogens is 326 g/mol. The SMILES string of the molecule is O=C(C1CC1)N1C[C@@H]2C[C@](O)(c3cc(Cl)cc4cn[nH]c34)C[C@@H]2C1. The summed E-state index contributed by atoms with van der Waals surface area (Å²) in [5.41, 5.74) is 0.824. The van der Waals surface area contributed by atoms with Crippen LogP contribution in [0, 0.1) is 17.8 Å². The first-order chi connectivity index (χ1) is 11.5. The number of nitrogens with zero attached hydrogens (tertiary/aromatic N) is 2. The van der Waals surface area contributed by atoms with Crippen LogP contribution in [0.2, 0.25) is 5.02 Å². The maximum Gasteiger partial charge on any atom is 0.225 e. The summed E-state index contributed by atoms with van der Waals surface area (Å²) >= 11 is 6.24. The topological polar surface area (TPSA) is 69.2 Å². The Morgan fingerprint density at radius 2 is 2.00 bits per heavy atom. The third kappa shape index (κ3) is 2.18. The smallest absolute Gasteiger partial charge is 0.225 e. The molecule has 1 aromatic carbocycles. The minimum atomic E-state index is -0.889. The maximum atomic E-state index is 12.3. The van der Waals surface area contributed by atoms with Crippen molar-refractivity contribution in [3.63, 3.8) is 0 Å². The highest BCUT2D eigenvalue weighted by molar-refractivity contribution is 6.31. The third-order valence-electron chi connectivity index (χ3n) is 6.03. The van der Waals surface area contributed by atoms with E-state index in [9.17, 15) is 9.90 Å². The molecule has 0 unspecified atom stereocenters. The van der Waals surface area contributed by atoms with Crippen molar-refractivity contribution in [1.82, 2.24) is 15.1 Å². The Morgan fingerprint density at radius 1 is 1.29 bits per heavy atom. The number of hydrogen-bond donors (Lipinski definition) is 2. The van der Waals surface area contributed by atoms with Gasteiger partial charge in [-0.25, -0.2) is 0 Å². The van der Waals surface area contributed by atoms with E-state index in [1.807, 2.05) is 17.0 Å². The van der Waals surface area contributed by atoms with E-state index >= 15 is 0 Å². The number of aromatic nitrogens is 2. The predicted octanol–water partition coefficient (Wildman–Crippen LogP) is 2.68. The second-order valence-electron chi connectivity index (χ2n) is 7.77. The fraction of sp³-hybridized carbons (Fsp3) is 0.556. The first kappa shape index (κ1) is 14.7. The fourth-order valence-electron chi connectivity index (χ4n) is 4.73. The average Bonchev–Trinajstić information content (AvgIpc) is 3.03. The second-order valence-corrected chi connectivity index (χ2v) is 8.20. The standard InChI is InChI=1S/C18H20ClN3O2/c19-14-3-11-7-20-21-16(11)15(4-14)18(24)5-12-8-22(9-13(12)6-18)17(23)10-1-2-10/h3-4,7,10,12-13,24H,1-2,5-6,8-9H2,(H,20,21)/t12-,13+,18+. The van der Waals surface area contributed by atoms with Gasteiger partial charge in [0.25, 0.3) is 0 Å². The minimum Gasteiger partial charge on any atom is -0.385 e. The van der Waals surface area contributed by atoms with Crippen molar-refractivity contribution in [2.45, 2.75) is 31.3 Å². The van der Waals surface area contributed by atoms with E-state index in [0.717, 1.165) is 42.4 Å². The number of nitrogens with one attached hydrogen (secondary N) is 1. The highest BCUT2D eigenvalue weighted by atomic mass is 35.5. The van der Waals surface area contributed by atoms with E-state index in [2.05, 4.69) is 10.2 Å². The van der Waals surface area contributed by atoms with E-state index in [1.54, 1.807) is 6.20 Å². The monoisotopic (exact) mass is 345 g/mol. The van der Waals surface area contributed by atoms with Gasteiger partial charge < -0.3 is 10.0 Å². The average molecular weight is 346 g/mol. The van der Waals surface area contributed by atoms with E-state index in [4.69, 9.17) is 11.6 Å². The molecule has 0 radical (unpaired) electrons. The summed E-state index contributed by atoms with van der Waals surface area (Å²) in [7, 11) is 0. The fourth-order valence-corrected chi connectivity index (χ4v) is 4.96. The molecule has 3 atom stereocenters. The number of halogens is 1. The molecular formula is C18H20ClN3O2. The Morgan fingerprint density at radius 3 is 2.67 bits per heavy atom. The van der Waals surface area contributed by atoms with Crippen LogP contribution in [0.3, 0.4) is 0 Å². The van der Waals surface area contributed by atoms with E-state index in [0.29, 0.717) is 35.6 Å². The summed E-state index contributed by atoms with van der Waals surface area (Å²) in [4.78, 5) is 14.3. The van der Waals surface area contributed by atoms with Gasteiger partial charge in [-0.05, 0) is 49.7 Å². The summed E-state index contributed by atoms with van der Waals surface area (Å²) in [6.07, 6.45) is 5.20. The lowest BCUT2D eigenvalue weighted by Crippen LogP contribution is -2.33. The summed E-state index contributed by atoms with van der Waals surface area (Å²) in [5, 5.41) is 20.0. The summed E-state index contributed by atoms with van der Waals surface area (Å²) in [5.74, 6) is 1.34. The van der Waals surface area contributed by atoms with Crippen molar-refractivity contribution >= 4 is 28.4 Å². The lowest BCUT2D eigenvalue weighted by molar-refractivity contribution is -0.132. The van der Waals surface area contributed by atoms with E-state index < -0.39 is 5.60 Å². The van der Waals surface area contributed by atoms with Gasteiger partial charge in [-0.2, -0.15) is 5.10 Å². The summed E-state index contributed by atoms with van der Waals surface area (Å²) in [6, 6.07) is 3.72. The van der Waals surface area contributed by atoms with Gasteiger partial charge in [0, 0.05) is 35.0 Å². The Kier molecular flexibility index (Phi) is 3.04. The van der Waals surface area contributed by atoms with Gasteiger partial charge in [0.15, 0.2) is 0 Å². The summed E-state index contributed by atoms with van der Waals surface area (Å²) in [6.45, 7) is 1.57. The highest BCUT2D eigenvalue weighted by Crippen LogP contribution is 2.51. The minimum absolute atomic E-state index is 0.278. The molecule has 1 amide bonds. The number of rotatable bonds is 2. The number of likely N-dealkylation sites (tertiary alicyclic amines) is 1. The van der Waals surface area contributed by atoms with E-state index in [-0.39, 0.29) is 5.92 Å². The van der Waals surface area contributed by atoms with Crippen molar-refractivity contribution in [3.8, 4) is 0 Å². The van der Waals surface area contributed by atoms with Gasteiger partial charge in [-0.3, -0.25) is 9.89 Å². The van der Waals surface area contributed by atoms with Gasteiger partial charge in [-0.15, -0.1) is 0 Å². The molecule has 2 saturated carbocycles. The van der Waals surface area contributed by atoms with Crippen molar-refractivity contribution < 1.29 is 9.90 Å². The first-order valence-corrected chi connectivity index (χ1v) is 9.05. The van der Waals surface area contributed by atoms with Crippen LogP contribution in [0.25, 0.3) is 10.9 Å². The molecule has 2 aliphatic carbocycles. The number of hydrogen-bond acceptors (Lipinski definition) is 3.